The van der Waals surface area contributed by atoms with Crippen LogP contribution < -0.4 is 0 Å². The SMILES string of the molecule is O=C(O)c1ccccc1C(=O)c1cc([N+](=O)[O-])c(F)c([N+](=O)[O-])c1. The second-order valence-electron chi connectivity index (χ2n) is 4.52. The predicted molar refractivity (Wildman–Crippen MR) is 76.5 cm³/mol. The van der Waals surface area contributed by atoms with Crippen molar-refractivity contribution < 1.29 is 28.9 Å². The number of carbonyl (C=O) groups excluding carboxylic acids is 1. The molecule has 0 saturated heterocycles. The molecular weight excluding hydrogens is 327 g/mol. The van der Waals surface area contributed by atoms with E-state index >= 15 is 0 Å². The topological polar surface area (TPSA) is 141 Å². The lowest BCUT2D eigenvalue weighted by Gasteiger charge is -2.06. The lowest BCUT2D eigenvalue weighted by atomic mass is 9.97. The summed E-state index contributed by atoms with van der Waals surface area (Å²) in [5, 5.41) is 30.7. The van der Waals surface area contributed by atoms with Crippen LogP contribution in [0.1, 0.15) is 26.3 Å². The van der Waals surface area contributed by atoms with Gasteiger partial charge in [0.05, 0.1) is 15.4 Å². The first-order chi connectivity index (χ1) is 11.2. The van der Waals surface area contributed by atoms with E-state index in [4.69, 9.17) is 5.11 Å². The number of ketones is 1. The summed E-state index contributed by atoms with van der Waals surface area (Å²) in [5.41, 5.74) is -3.79. The third-order valence-corrected chi connectivity index (χ3v) is 3.09. The van der Waals surface area contributed by atoms with Crippen LogP contribution >= 0.6 is 0 Å². The van der Waals surface area contributed by atoms with Gasteiger partial charge in [0.2, 0.25) is 0 Å². The molecule has 24 heavy (non-hydrogen) atoms. The molecule has 122 valence electrons. The number of nitro groups is 2. The Morgan fingerprint density at radius 3 is 1.83 bits per heavy atom. The Morgan fingerprint density at radius 2 is 1.42 bits per heavy atom. The molecule has 0 atom stereocenters. The van der Waals surface area contributed by atoms with Crippen LogP contribution in [0.25, 0.3) is 0 Å². The molecule has 0 amide bonds. The highest BCUT2D eigenvalue weighted by atomic mass is 19.1. The number of hydrogen-bond donors (Lipinski definition) is 1. The number of aromatic carboxylic acids is 1. The number of carboxylic acids is 1. The van der Waals surface area contributed by atoms with Gasteiger partial charge in [0.25, 0.3) is 5.82 Å². The Kier molecular flexibility index (Phi) is 4.31. The summed E-state index contributed by atoms with van der Waals surface area (Å²) in [6, 6.07) is 6.04. The summed E-state index contributed by atoms with van der Waals surface area (Å²) in [5.74, 6) is -4.13. The van der Waals surface area contributed by atoms with Crippen LogP contribution in [0.3, 0.4) is 0 Å². The first-order valence-corrected chi connectivity index (χ1v) is 6.23. The monoisotopic (exact) mass is 334 g/mol. The number of hydrogen-bond acceptors (Lipinski definition) is 6. The van der Waals surface area contributed by atoms with E-state index in [-0.39, 0.29) is 5.56 Å². The smallest absolute Gasteiger partial charge is 0.336 e. The molecule has 0 radical (unpaired) electrons. The molecule has 2 rings (SSSR count). The fourth-order valence-corrected chi connectivity index (χ4v) is 2.01. The standard InChI is InChI=1S/C14H7FN2O7/c15-12-10(16(21)22)5-7(6-11(12)17(23)24)13(18)8-3-1-2-4-9(8)14(19)20/h1-6H,(H,19,20). The van der Waals surface area contributed by atoms with E-state index in [0.717, 1.165) is 12.1 Å². The van der Waals surface area contributed by atoms with Crippen molar-refractivity contribution in [3.63, 3.8) is 0 Å². The third kappa shape index (κ3) is 2.92. The highest BCUT2D eigenvalue weighted by molar-refractivity contribution is 6.14. The maximum Gasteiger partial charge on any atom is 0.336 e. The number of nitrogens with zero attached hydrogens (tertiary/aromatic N) is 2. The van der Waals surface area contributed by atoms with Crippen LogP contribution in [-0.4, -0.2) is 26.7 Å². The van der Waals surface area contributed by atoms with Crippen LogP contribution in [0, 0.1) is 26.0 Å². The second-order valence-corrected chi connectivity index (χ2v) is 4.52. The van der Waals surface area contributed by atoms with Gasteiger partial charge in [-0.25, -0.2) is 4.79 Å². The molecule has 0 spiro atoms. The first-order valence-electron chi connectivity index (χ1n) is 6.23. The van der Waals surface area contributed by atoms with Crippen molar-refractivity contribution in [2.75, 3.05) is 0 Å². The molecule has 2 aromatic rings. The number of carbonyl (C=O) groups is 2. The minimum absolute atomic E-state index is 0.333. The van der Waals surface area contributed by atoms with Crippen LogP contribution in [-0.2, 0) is 0 Å². The van der Waals surface area contributed by atoms with E-state index in [1.807, 2.05) is 0 Å². The molecule has 1 N–H and O–H groups in total. The summed E-state index contributed by atoms with van der Waals surface area (Å²) in [6.45, 7) is 0. The molecule has 9 nitrogen and oxygen atoms in total. The van der Waals surface area contributed by atoms with Gasteiger partial charge in [-0.3, -0.25) is 25.0 Å². The van der Waals surface area contributed by atoms with E-state index < -0.39 is 49.9 Å². The summed E-state index contributed by atoms with van der Waals surface area (Å²) in [6.07, 6.45) is 0. The van der Waals surface area contributed by atoms with Crippen molar-refractivity contribution in [2.24, 2.45) is 0 Å². The lowest BCUT2D eigenvalue weighted by molar-refractivity contribution is -0.399. The largest absolute Gasteiger partial charge is 0.478 e. The van der Waals surface area contributed by atoms with Gasteiger partial charge < -0.3 is 5.11 Å². The molecule has 0 aliphatic rings. The summed E-state index contributed by atoms with van der Waals surface area (Å²) in [7, 11) is 0. The van der Waals surface area contributed by atoms with Gasteiger partial charge in [0.1, 0.15) is 0 Å². The van der Waals surface area contributed by atoms with E-state index in [9.17, 15) is 34.2 Å². The zero-order chi connectivity index (χ0) is 18.0. The van der Waals surface area contributed by atoms with Gasteiger partial charge in [0.15, 0.2) is 5.78 Å². The highest BCUT2D eigenvalue weighted by Gasteiger charge is 2.30. The van der Waals surface area contributed by atoms with Crippen LogP contribution in [0.2, 0.25) is 0 Å². The zero-order valence-electron chi connectivity index (χ0n) is 11.6. The molecule has 0 aliphatic heterocycles. The Morgan fingerprint density at radius 1 is 0.958 bits per heavy atom. The van der Waals surface area contributed by atoms with Gasteiger partial charge in [0, 0.05) is 23.3 Å². The Hall–Kier alpha value is -3.69. The number of rotatable bonds is 5. The zero-order valence-corrected chi connectivity index (χ0v) is 11.6. The normalized spacial score (nSPS) is 10.2. The van der Waals surface area contributed by atoms with E-state index in [1.165, 1.54) is 12.1 Å². The summed E-state index contributed by atoms with van der Waals surface area (Å²) >= 11 is 0. The number of carboxylic acid groups (broad SMARTS) is 1. The molecule has 2 aromatic carbocycles. The molecule has 0 aliphatic carbocycles. The Balaban J connectivity index is 2.69. The van der Waals surface area contributed by atoms with Crippen LogP contribution in [0.4, 0.5) is 15.8 Å². The summed E-state index contributed by atoms with van der Waals surface area (Å²) < 4.78 is 13.7. The van der Waals surface area contributed by atoms with Crippen LogP contribution in [0.15, 0.2) is 36.4 Å². The molecule has 0 saturated carbocycles. The summed E-state index contributed by atoms with van der Waals surface area (Å²) in [4.78, 5) is 42.8. The van der Waals surface area contributed by atoms with E-state index in [0.29, 0.717) is 12.1 Å². The second kappa shape index (κ2) is 6.20. The van der Waals surface area contributed by atoms with Gasteiger partial charge in [-0.1, -0.05) is 18.2 Å². The Bertz CT molecular complexity index is 859. The van der Waals surface area contributed by atoms with Gasteiger partial charge >= 0.3 is 17.3 Å². The number of benzene rings is 2. The fraction of sp³-hybridized carbons (Fsp3) is 0. The molecule has 0 heterocycles. The first kappa shape index (κ1) is 16.7. The molecule has 0 unspecified atom stereocenters. The quantitative estimate of drug-likeness (QED) is 0.503. The molecule has 0 fully saturated rings. The van der Waals surface area contributed by atoms with Crippen molar-refractivity contribution in [1.82, 2.24) is 0 Å². The third-order valence-electron chi connectivity index (χ3n) is 3.09. The van der Waals surface area contributed by atoms with Crippen molar-refractivity contribution >= 4 is 23.1 Å². The molecular formula is C14H7FN2O7. The fourth-order valence-electron chi connectivity index (χ4n) is 2.01. The number of nitro benzene ring substituents is 2. The Labute approximate surface area is 132 Å². The minimum atomic E-state index is -1.69. The van der Waals surface area contributed by atoms with E-state index in [2.05, 4.69) is 0 Å². The van der Waals surface area contributed by atoms with Crippen molar-refractivity contribution in [1.29, 1.82) is 0 Å². The predicted octanol–water partition coefficient (Wildman–Crippen LogP) is 2.57. The van der Waals surface area contributed by atoms with Gasteiger partial charge in [-0.2, -0.15) is 4.39 Å². The molecule has 10 heteroatoms. The van der Waals surface area contributed by atoms with Crippen molar-refractivity contribution in [3.8, 4) is 0 Å². The molecule has 0 aromatic heterocycles. The number of halogens is 1. The van der Waals surface area contributed by atoms with Crippen molar-refractivity contribution in [2.45, 2.75) is 0 Å². The average molecular weight is 334 g/mol. The average Bonchev–Trinajstić information content (AvgIpc) is 2.53. The van der Waals surface area contributed by atoms with Gasteiger partial charge in [-0.05, 0) is 6.07 Å². The minimum Gasteiger partial charge on any atom is -0.478 e. The van der Waals surface area contributed by atoms with E-state index in [1.54, 1.807) is 0 Å². The maximum absolute atomic E-state index is 13.7. The lowest BCUT2D eigenvalue weighted by Crippen LogP contribution is -2.11. The molecule has 0 bridgehead atoms. The highest BCUT2D eigenvalue weighted by Crippen LogP contribution is 2.29. The van der Waals surface area contributed by atoms with Crippen LogP contribution in [0.5, 0.6) is 0 Å². The van der Waals surface area contributed by atoms with Crippen molar-refractivity contribution in [3.05, 3.63) is 79.1 Å². The van der Waals surface area contributed by atoms with Gasteiger partial charge in [-0.15, -0.1) is 0 Å². The maximum atomic E-state index is 13.7.